The van der Waals surface area contributed by atoms with E-state index in [4.69, 9.17) is 15.0 Å². The number of benzene rings is 6. The lowest BCUT2D eigenvalue weighted by molar-refractivity contribution is 1.08. The van der Waals surface area contributed by atoms with Crippen LogP contribution in [-0.4, -0.2) is 24.1 Å². The largest absolute Gasteiger partial charge is 0.309 e. The highest BCUT2D eigenvalue weighted by molar-refractivity contribution is 6.38. The third-order valence-electron chi connectivity index (χ3n) is 9.89. The van der Waals surface area contributed by atoms with Crippen LogP contribution in [0.5, 0.6) is 0 Å². The lowest BCUT2D eigenvalue weighted by Gasteiger charge is -2.14. The average Bonchev–Trinajstić information content (AvgIpc) is 3.67. The molecule has 4 heterocycles. The third-order valence-corrected chi connectivity index (χ3v) is 9.89. The summed E-state index contributed by atoms with van der Waals surface area (Å²) < 4.78 is 4.74. The Morgan fingerprint density at radius 3 is 1.75 bits per heavy atom. The molecule has 5 nitrogen and oxygen atoms in total. The van der Waals surface area contributed by atoms with E-state index >= 15 is 0 Å². The molecule has 0 aliphatic carbocycles. The van der Waals surface area contributed by atoms with Gasteiger partial charge in [-0.15, -0.1) is 0 Å². The van der Waals surface area contributed by atoms with Crippen molar-refractivity contribution in [3.63, 3.8) is 0 Å². The molecule has 4 aromatic heterocycles. The molecule has 0 unspecified atom stereocenters. The van der Waals surface area contributed by atoms with E-state index in [0.717, 1.165) is 61.1 Å². The molecule has 11 rings (SSSR count). The van der Waals surface area contributed by atoms with E-state index in [1.165, 1.54) is 38.0 Å². The molecule has 0 amide bonds. The summed E-state index contributed by atoms with van der Waals surface area (Å²) in [5.74, 6) is 0.809. The Labute approximate surface area is 274 Å². The number of nitrogens with zero attached hydrogens (tertiary/aromatic N) is 5. The Hall–Kier alpha value is -6.59. The maximum atomic E-state index is 5.38. The van der Waals surface area contributed by atoms with Crippen molar-refractivity contribution in [2.75, 3.05) is 0 Å². The summed E-state index contributed by atoms with van der Waals surface area (Å²) in [6.45, 7) is 0. The van der Waals surface area contributed by atoms with Gasteiger partial charge >= 0.3 is 0 Å². The second-order valence-electron chi connectivity index (χ2n) is 12.4. The highest BCUT2D eigenvalue weighted by Gasteiger charge is 2.26. The number of hydrogen-bond acceptors (Lipinski definition) is 3. The van der Waals surface area contributed by atoms with Gasteiger partial charge in [0.25, 0.3) is 0 Å². The van der Waals surface area contributed by atoms with Gasteiger partial charge in [0.2, 0.25) is 0 Å². The first-order valence-electron chi connectivity index (χ1n) is 16.2. The first kappa shape index (κ1) is 25.6. The van der Waals surface area contributed by atoms with Crippen LogP contribution in [0.15, 0.2) is 152 Å². The minimum Gasteiger partial charge on any atom is -0.309 e. The number of aromatic nitrogens is 5. The standard InChI is InChI=1S/C43H25N5/c1-3-12-26(13-4-1)41-43(46-32-20-8-7-19-31(32)45-41)48-34-22-10-17-30-38(34)40-36(48)24-23-35-39(40)37-28(29-18-11-25-44-42(29)30)16-9-21-33(37)47(35)27-14-5-2-6-15-27/h1-25H. The molecule has 222 valence electrons. The summed E-state index contributed by atoms with van der Waals surface area (Å²) in [6.07, 6.45) is 1.91. The van der Waals surface area contributed by atoms with E-state index in [2.05, 4.69) is 118 Å². The summed E-state index contributed by atoms with van der Waals surface area (Å²) in [5, 5.41) is 8.29. The molecule has 0 N–H and O–H groups in total. The molecule has 0 radical (unpaired) electrons. The lowest BCUT2D eigenvalue weighted by atomic mass is 9.96. The summed E-state index contributed by atoms with van der Waals surface area (Å²) >= 11 is 0. The number of pyridine rings is 1. The second-order valence-corrected chi connectivity index (χ2v) is 12.4. The van der Waals surface area contributed by atoms with Crippen molar-refractivity contribution in [3.05, 3.63) is 152 Å². The quantitative estimate of drug-likeness (QED) is 0.200. The molecule has 11 aromatic rings. The van der Waals surface area contributed by atoms with E-state index in [1.807, 2.05) is 42.6 Å². The van der Waals surface area contributed by atoms with Crippen LogP contribution in [0, 0.1) is 0 Å². The van der Waals surface area contributed by atoms with Gasteiger partial charge in [-0.1, -0.05) is 91.0 Å². The van der Waals surface area contributed by atoms with Gasteiger partial charge in [0.15, 0.2) is 5.82 Å². The molecule has 0 saturated heterocycles. The highest BCUT2D eigenvalue weighted by atomic mass is 15.1. The summed E-state index contributed by atoms with van der Waals surface area (Å²) in [4.78, 5) is 15.7. The second kappa shape index (κ2) is 9.47. The van der Waals surface area contributed by atoms with Crippen molar-refractivity contribution < 1.29 is 0 Å². The van der Waals surface area contributed by atoms with Crippen molar-refractivity contribution >= 4 is 76.3 Å². The Kier molecular flexibility index (Phi) is 5.05. The number of rotatable bonds is 3. The fourth-order valence-corrected chi connectivity index (χ4v) is 7.98. The molecule has 0 aliphatic rings. The minimum atomic E-state index is 0.809. The van der Waals surface area contributed by atoms with Crippen LogP contribution >= 0.6 is 0 Å². The van der Waals surface area contributed by atoms with Crippen LogP contribution < -0.4 is 0 Å². The molecule has 5 heteroatoms. The maximum absolute atomic E-state index is 5.38. The zero-order valence-corrected chi connectivity index (χ0v) is 25.7. The predicted molar refractivity (Wildman–Crippen MR) is 198 cm³/mol. The van der Waals surface area contributed by atoms with Gasteiger partial charge in [-0.25, -0.2) is 9.97 Å². The van der Waals surface area contributed by atoms with E-state index in [-0.39, 0.29) is 0 Å². The summed E-state index contributed by atoms with van der Waals surface area (Å²) in [6, 6.07) is 51.3. The Balaban J connectivity index is 1.43. The monoisotopic (exact) mass is 611 g/mol. The molecule has 48 heavy (non-hydrogen) atoms. The molecule has 0 bridgehead atoms. The first-order chi connectivity index (χ1) is 23.8. The molecular formula is C43H25N5. The van der Waals surface area contributed by atoms with Crippen LogP contribution in [0.1, 0.15) is 0 Å². The number of fused-ring (bicyclic) bond motifs is 4. The smallest absolute Gasteiger partial charge is 0.165 e. The molecular weight excluding hydrogens is 587 g/mol. The van der Waals surface area contributed by atoms with Crippen molar-refractivity contribution in [1.82, 2.24) is 24.1 Å². The zero-order chi connectivity index (χ0) is 31.3. The summed E-state index contributed by atoms with van der Waals surface area (Å²) in [7, 11) is 0. The van der Waals surface area contributed by atoms with Gasteiger partial charge < -0.3 is 4.57 Å². The van der Waals surface area contributed by atoms with Crippen molar-refractivity contribution in [2.24, 2.45) is 0 Å². The van der Waals surface area contributed by atoms with E-state index < -0.39 is 0 Å². The van der Waals surface area contributed by atoms with E-state index in [0.29, 0.717) is 0 Å². The van der Waals surface area contributed by atoms with Crippen LogP contribution in [0.4, 0.5) is 0 Å². The number of hydrogen-bond donors (Lipinski definition) is 0. The minimum absolute atomic E-state index is 0.809. The van der Waals surface area contributed by atoms with Crippen molar-refractivity contribution in [3.8, 4) is 22.8 Å². The Morgan fingerprint density at radius 1 is 0.396 bits per heavy atom. The summed E-state index contributed by atoms with van der Waals surface area (Å²) in [5.41, 5.74) is 10.2. The fourth-order valence-electron chi connectivity index (χ4n) is 7.98. The normalized spacial score (nSPS) is 12.2. The van der Waals surface area contributed by atoms with E-state index in [1.54, 1.807) is 0 Å². The van der Waals surface area contributed by atoms with Gasteiger partial charge in [-0.05, 0) is 60.0 Å². The number of para-hydroxylation sites is 3. The molecule has 0 aliphatic heterocycles. The maximum Gasteiger partial charge on any atom is 0.165 e. The first-order valence-corrected chi connectivity index (χ1v) is 16.2. The average molecular weight is 612 g/mol. The lowest BCUT2D eigenvalue weighted by Crippen LogP contribution is -2.03. The van der Waals surface area contributed by atoms with Gasteiger partial charge in [-0.3, -0.25) is 9.55 Å². The fraction of sp³-hybridized carbons (Fsp3) is 0. The van der Waals surface area contributed by atoms with Crippen LogP contribution in [0.25, 0.3) is 99.1 Å². The Bertz CT molecular complexity index is 3050. The highest BCUT2D eigenvalue weighted by Crippen LogP contribution is 2.47. The van der Waals surface area contributed by atoms with Gasteiger partial charge in [0.05, 0.1) is 38.6 Å². The predicted octanol–water partition coefficient (Wildman–Crippen LogP) is 10.6. The molecule has 0 spiro atoms. The Morgan fingerprint density at radius 2 is 0.979 bits per heavy atom. The zero-order valence-electron chi connectivity index (χ0n) is 25.7. The molecule has 0 atom stereocenters. The van der Waals surface area contributed by atoms with E-state index in [9.17, 15) is 0 Å². The molecule has 7 aromatic carbocycles. The molecule has 0 saturated carbocycles. The van der Waals surface area contributed by atoms with Crippen molar-refractivity contribution in [2.45, 2.75) is 0 Å². The third kappa shape index (κ3) is 3.32. The van der Waals surface area contributed by atoms with Crippen molar-refractivity contribution in [1.29, 1.82) is 0 Å². The van der Waals surface area contributed by atoms with Crippen LogP contribution in [0.2, 0.25) is 0 Å². The van der Waals surface area contributed by atoms with Crippen LogP contribution in [-0.2, 0) is 0 Å². The van der Waals surface area contributed by atoms with Gasteiger partial charge in [0.1, 0.15) is 5.69 Å². The van der Waals surface area contributed by atoms with Crippen LogP contribution in [0.3, 0.4) is 0 Å². The molecule has 0 fully saturated rings. The van der Waals surface area contributed by atoms with Gasteiger partial charge in [0, 0.05) is 49.8 Å². The van der Waals surface area contributed by atoms with Gasteiger partial charge in [-0.2, -0.15) is 0 Å². The SMILES string of the molecule is c1ccc(-c2nc3ccccc3nc2-n2c3cccc4c5ncccc5c5cccc6c5c5c(c43)c2ccc5n6-c2ccccc2)cc1. The topological polar surface area (TPSA) is 48.5 Å².